The molecule has 1 aliphatic heterocycles. The van der Waals surface area contributed by atoms with E-state index in [1.54, 1.807) is 7.05 Å². The number of esters is 1. The smallest absolute Gasteiger partial charge is 0.310 e. The number of hydrogen-bond acceptors (Lipinski definition) is 4. The summed E-state index contributed by atoms with van der Waals surface area (Å²) in [7, 11) is 1.78. The maximum absolute atomic E-state index is 11.9. The Morgan fingerprint density at radius 1 is 1.36 bits per heavy atom. The molecule has 0 aromatic carbocycles. The third-order valence-corrected chi connectivity index (χ3v) is 4.13. The van der Waals surface area contributed by atoms with Crippen LogP contribution in [0.2, 0.25) is 0 Å². The minimum Gasteiger partial charge on any atom is -0.466 e. The van der Waals surface area contributed by atoms with E-state index in [2.05, 4.69) is 15.2 Å². The second-order valence-corrected chi connectivity index (χ2v) is 6.03. The van der Waals surface area contributed by atoms with Gasteiger partial charge in [-0.15, -0.1) is 0 Å². The van der Waals surface area contributed by atoms with E-state index >= 15 is 0 Å². The van der Waals surface area contributed by atoms with E-state index in [0.717, 1.165) is 44.4 Å². The van der Waals surface area contributed by atoms with Crippen LogP contribution in [0.15, 0.2) is 4.99 Å². The third-order valence-electron chi connectivity index (χ3n) is 4.13. The molecule has 0 unspecified atom stereocenters. The number of piperidine rings is 1. The van der Waals surface area contributed by atoms with Crippen molar-refractivity contribution in [1.29, 1.82) is 0 Å². The van der Waals surface area contributed by atoms with Crippen LogP contribution in [0.3, 0.4) is 0 Å². The first-order valence-corrected chi connectivity index (χ1v) is 8.44. The fourth-order valence-electron chi connectivity index (χ4n) is 2.72. The van der Waals surface area contributed by atoms with E-state index in [4.69, 9.17) is 9.47 Å². The first-order chi connectivity index (χ1) is 10.7. The van der Waals surface area contributed by atoms with Crippen molar-refractivity contribution < 1.29 is 14.3 Å². The van der Waals surface area contributed by atoms with Crippen molar-refractivity contribution in [3.05, 3.63) is 0 Å². The molecule has 1 saturated carbocycles. The van der Waals surface area contributed by atoms with Crippen LogP contribution in [0.4, 0.5) is 0 Å². The zero-order valence-electron chi connectivity index (χ0n) is 13.8. The summed E-state index contributed by atoms with van der Waals surface area (Å²) < 4.78 is 10.8. The summed E-state index contributed by atoms with van der Waals surface area (Å²) in [6, 6.07) is 0. The van der Waals surface area contributed by atoms with Crippen molar-refractivity contribution >= 4 is 11.9 Å². The number of hydrogen-bond donors (Lipinski definition) is 1. The number of nitrogens with zero attached hydrogens (tertiary/aromatic N) is 2. The number of guanidine groups is 1. The van der Waals surface area contributed by atoms with E-state index in [0.29, 0.717) is 19.8 Å². The normalized spacial score (nSPS) is 22.5. The fraction of sp³-hybridized carbons (Fsp3) is 0.875. The monoisotopic (exact) mass is 311 g/mol. The molecular formula is C16H29N3O3. The SMILES string of the molecule is CCOC(=O)[C@H]1CCCN(C(=NC)NCCOCC2CC2)C1. The molecule has 0 spiro atoms. The number of rotatable bonds is 7. The molecule has 2 rings (SSSR count). The molecule has 0 radical (unpaired) electrons. The summed E-state index contributed by atoms with van der Waals surface area (Å²) in [5.74, 6) is 1.52. The molecule has 0 aromatic heterocycles. The summed E-state index contributed by atoms with van der Waals surface area (Å²) in [6.45, 7) is 6.24. The van der Waals surface area contributed by atoms with E-state index in [1.807, 2.05) is 6.92 Å². The van der Waals surface area contributed by atoms with Gasteiger partial charge in [-0.1, -0.05) is 0 Å². The Morgan fingerprint density at radius 2 is 2.18 bits per heavy atom. The minimum atomic E-state index is -0.0876. The van der Waals surface area contributed by atoms with Crippen LogP contribution < -0.4 is 5.32 Å². The van der Waals surface area contributed by atoms with Crippen LogP contribution in [-0.2, 0) is 14.3 Å². The fourth-order valence-corrected chi connectivity index (χ4v) is 2.72. The van der Waals surface area contributed by atoms with E-state index in [-0.39, 0.29) is 11.9 Å². The number of ether oxygens (including phenoxy) is 2. The van der Waals surface area contributed by atoms with Gasteiger partial charge in [0.25, 0.3) is 0 Å². The zero-order chi connectivity index (χ0) is 15.8. The first kappa shape index (κ1) is 17.1. The molecular weight excluding hydrogens is 282 g/mol. The Morgan fingerprint density at radius 3 is 2.86 bits per heavy atom. The van der Waals surface area contributed by atoms with Crippen molar-refractivity contribution in [1.82, 2.24) is 10.2 Å². The van der Waals surface area contributed by atoms with Crippen LogP contribution in [-0.4, -0.2) is 63.3 Å². The standard InChI is InChI=1S/C16H29N3O3/c1-3-22-15(20)14-5-4-9-19(11-14)16(17-2)18-8-10-21-12-13-6-7-13/h13-14H,3-12H2,1-2H3,(H,17,18)/t14-/m0/s1. The lowest BCUT2D eigenvalue weighted by Crippen LogP contribution is -2.48. The minimum absolute atomic E-state index is 0.0432. The summed E-state index contributed by atoms with van der Waals surface area (Å²) in [4.78, 5) is 18.4. The van der Waals surface area contributed by atoms with E-state index in [9.17, 15) is 4.79 Å². The molecule has 2 aliphatic rings. The molecule has 1 saturated heterocycles. The third kappa shape index (κ3) is 5.48. The van der Waals surface area contributed by atoms with Gasteiger partial charge >= 0.3 is 5.97 Å². The van der Waals surface area contributed by atoms with Crippen LogP contribution in [0, 0.1) is 11.8 Å². The van der Waals surface area contributed by atoms with Crippen molar-refractivity contribution in [3.8, 4) is 0 Å². The van der Waals surface area contributed by atoms with Gasteiger partial charge in [-0.2, -0.15) is 0 Å². The lowest BCUT2D eigenvalue weighted by molar-refractivity contribution is -0.149. The first-order valence-electron chi connectivity index (χ1n) is 8.44. The summed E-state index contributed by atoms with van der Waals surface area (Å²) >= 11 is 0. The largest absolute Gasteiger partial charge is 0.466 e. The highest BCUT2D eigenvalue weighted by Gasteiger charge is 2.28. The second-order valence-electron chi connectivity index (χ2n) is 6.03. The maximum atomic E-state index is 11.9. The molecule has 0 bridgehead atoms. The average Bonchev–Trinajstić information content (AvgIpc) is 3.35. The lowest BCUT2D eigenvalue weighted by Gasteiger charge is -2.33. The number of nitrogens with one attached hydrogen (secondary N) is 1. The molecule has 1 N–H and O–H groups in total. The highest BCUT2D eigenvalue weighted by atomic mass is 16.5. The number of likely N-dealkylation sites (tertiary alicyclic amines) is 1. The topological polar surface area (TPSA) is 63.2 Å². The van der Waals surface area contributed by atoms with Gasteiger partial charge in [0.1, 0.15) is 0 Å². The Bertz CT molecular complexity index is 383. The highest BCUT2D eigenvalue weighted by molar-refractivity contribution is 5.81. The van der Waals surface area contributed by atoms with Gasteiger partial charge in [-0.25, -0.2) is 0 Å². The van der Waals surface area contributed by atoms with Crippen LogP contribution in [0.25, 0.3) is 0 Å². The van der Waals surface area contributed by atoms with Gasteiger partial charge in [0.2, 0.25) is 0 Å². The van der Waals surface area contributed by atoms with E-state index in [1.165, 1.54) is 12.8 Å². The quantitative estimate of drug-likeness (QED) is 0.332. The molecule has 22 heavy (non-hydrogen) atoms. The summed E-state index contributed by atoms with van der Waals surface area (Å²) in [5, 5.41) is 3.32. The van der Waals surface area contributed by atoms with Gasteiger partial charge < -0.3 is 19.7 Å². The lowest BCUT2D eigenvalue weighted by atomic mass is 9.98. The Labute approximate surface area is 133 Å². The van der Waals surface area contributed by atoms with Crippen molar-refractivity contribution in [2.24, 2.45) is 16.8 Å². The van der Waals surface area contributed by atoms with Crippen LogP contribution >= 0.6 is 0 Å². The van der Waals surface area contributed by atoms with Crippen molar-refractivity contribution in [2.45, 2.75) is 32.6 Å². The van der Waals surface area contributed by atoms with Gasteiger partial charge in [0, 0.05) is 33.3 Å². The maximum Gasteiger partial charge on any atom is 0.310 e. The second kappa shape index (κ2) is 8.98. The predicted molar refractivity (Wildman–Crippen MR) is 85.8 cm³/mol. The molecule has 1 atom stereocenters. The average molecular weight is 311 g/mol. The molecule has 6 nitrogen and oxygen atoms in total. The zero-order valence-corrected chi connectivity index (χ0v) is 13.8. The van der Waals surface area contributed by atoms with E-state index < -0.39 is 0 Å². The Hall–Kier alpha value is -1.30. The van der Waals surface area contributed by atoms with Gasteiger partial charge in [0.15, 0.2) is 5.96 Å². The number of aliphatic imine (C=N–C) groups is 1. The molecule has 126 valence electrons. The van der Waals surface area contributed by atoms with Gasteiger partial charge in [-0.3, -0.25) is 9.79 Å². The number of carbonyl (C=O) groups is 1. The molecule has 1 aliphatic carbocycles. The molecule has 0 aromatic rings. The Kier molecular flexibility index (Phi) is 6.96. The summed E-state index contributed by atoms with van der Waals surface area (Å²) in [6.07, 6.45) is 4.52. The van der Waals surface area contributed by atoms with Crippen LogP contribution in [0.1, 0.15) is 32.6 Å². The highest BCUT2D eigenvalue weighted by Crippen LogP contribution is 2.28. The predicted octanol–water partition coefficient (Wildman–Crippen LogP) is 1.26. The van der Waals surface area contributed by atoms with Crippen molar-refractivity contribution in [3.63, 3.8) is 0 Å². The van der Waals surface area contributed by atoms with Gasteiger partial charge in [-0.05, 0) is 38.5 Å². The molecule has 1 heterocycles. The number of carbonyl (C=O) groups excluding carboxylic acids is 1. The van der Waals surface area contributed by atoms with Crippen molar-refractivity contribution in [2.75, 3.05) is 46.5 Å². The van der Waals surface area contributed by atoms with Crippen LogP contribution in [0.5, 0.6) is 0 Å². The molecule has 0 amide bonds. The molecule has 2 fully saturated rings. The molecule has 6 heteroatoms. The van der Waals surface area contributed by atoms with Gasteiger partial charge in [0.05, 0.1) is 19.1 Å². The summed E-state index contributed by atoms with van der Waals surface area (Å²) in [5.41, 5.74) is 0. The Balaban J connectivity index is 1.70.